The van der Waals surface area contributed by atoms with Crippen LogP contribution < -0.4 is 5.32 Å². The van der Waals surface area contributed by atoms with Crippen molar-refractivity contribution in [3.8, 4) is 0 Å². The molecule has 0 saturated carbocycles. The maximum atomic E-state index is 4.27. The Balaban J connectivity index is 2.11. The lowest BCUT2D eigenvalue weighted by Crippen LogP contribution is -2.16. The first-order valence-corrected chi connectivity index (χ1v) is 8.01. The van der Waals surface area contributed by atoms with E-state index in [1.807, 2.05) is 6.07 Å². The summed E-state index contributed by atoms with van der Waals surface area (Å²) >= 11 is 1.67. The van der Waals surface area contributed by atoms with Gasteiger partial charge in [-0.05, 0) is 17.4 Å². The average Bonchev–Trinajstić information content (AvgIpc) is 2.83. The molecular formula is C16H23N3S. The number of benzene rings is 1. The van der Waals surface area contributed by atoms with E-state index in [0.29, 0.717) is 11.8 Å². The normalized spacial score (nSPS) is 12.9. The molecule has 0 spiro atoms. The van der Waals surface area contributed by atoms with Crippen LogP contribution in [0.4, 0.5) is 5.13 Å². The zero-order valence-electron chi connectivity index (χ0n) is 12.6. The highest BCUT2D eigenvalue weighted by Crippen LogP contribution is 2.28. The lowest BCUT2D eigenvalue weighted by molar-refractivity contribution is 0.545. The Morgan fingerprint density at radius 2 is 1.75 bits per heavy atom. The van der Waals surface area contributed by atoms with Gasteiger partial charge in [0.1, 0.15) is 5.01 Å². The second kappa shape index (κ2) is 6.84. The minimum Gasteiger partial charge on any atom is -0.353 e. The van der Waals surface area contributed by atoms with Gasteiger partial charge in [-0.25, -0.2) is 0 Å². The molecule has 2 rings (SSSR count). The van der Waals surface area contributed by atoms with Crippen molar-refractivity contribution in [2.75, 3.05) is 5.32 Å². The third-order valence-corrected chi connectivity index (χ3v) is 4.03. The molecule has 1 heterocycles. The summed E-state index contributed by atoms with van der Waals surface area (Å²) in [4.78, 5) is 0. The zero-order valence-corrected chi connectivity index (χ0v) is 13.4. The van der Waals surface area contributed by atoms with Gasteiger partial charge in [-0.3, -0.25) is 0 Å². The van der Waals surface area contributed by atoms with Crippen LogP contribution in [-0.2, 0) is 6.42 Å². The summed E-state index contributed by atoms with van der Waals surface area (Å²) in [6, 6.07) is 10.8. The lowest BCUT2D eigenvalue weighted by Gasteiger charge is -2.22. The molecule has 2 aromatic rings. The third kappa shape index (κ3) is 4.04. The zero-order chi connectivity index (χ0) is 14.5. The number of rotatable bonds is 6. The van der Waals surface area contributed by atoms with Crippen LogP contribution in [0.3, 0.4) is 0 Å². The Labute approximate surface area is 125 Å². The smallest absolute Gasteiger partial charge is 0.206 e. The van der Waals surface area contributed by atoms with Crippen LogP contribution in [0, 0.1) is 11.8 Å². The molecule has 4 heteroatoms. The molecule has 1 aromatic carbocycles. The molecule has 1 aromatic heterocycles. The Kier molecular flexibility index (Phi) is 5.12. The molecule has 0 aliphatic carbocycles. The largest absolute Gasteiger partial charge is 0.353 e. The van der Waals surface area contributed by atoms with Crippen LogP contribution in [0.1, 0.15) is 44.3 Å². The molecule has 0 amide bonds. The van der Waals surface area contributed by atoms with E-state index in [9.17, 15) is 0 Å². The van der Waals surface area contributed by atoms with Crippen LogP contribution >= 0.6 is 11.3 Å². The van der Waals surface area contributed by atoms with Gasteiger partial charge in [0.2, 0.25) is 5.13 Å². The molecule has 1 N–H and O–H groups in total. The van der Waals surface area contributed by atoms with E-state index in [1.54, 1.807) is 11.3 Å². The van der Waals surface area contributed by atoms with Gasteiger partial charge < -0.3 is 5.32 Å². The molecule has 0 aliphatic heterocycles. The maximum absolute atomic E-state index is 4.27. The highest BCUT2D eigenvalue weighted by Gasteiger charge is 2.17. The summed E-state index contributed by atoms with van der Waals surface area (Å²) in [5.41, 5.74) is 1.29. The molecular weight excluding hydrogens is 266 g/mol. The summed E-state index contributed by atoms with van der Waals surface area (Å²) in [7, 11) is 0. The number of hydrogen-bond donors (Lipinski definition) is 1. The first kappa shape index (κ1) is 15.0. The van der Waals surface area contributed by atoms with Crippen molar-refractivity contribution in [2.45, 2.75) is 40.2 Å². The van der Waals surface area contributed by atoms with Crippen LogP contribution in [0.5, 0.6) is 0 Å². The number of aromatic nitrogens is 2. The second-order valence-electron chi connectivity index (χ2n) is 5.88. The van der Waals surface area contributed by atoms with Gasteiger partial charge in [0.15, 0.2) is 0 Å². The topological polar surface area (TPSA) is 37.8 Å². The molecule has 0 saturated heterocycles. The minimum atomic E-state index is 0.274. The first-order valence-electron chi connectivity index (χ1n) is 7.20. The molecule has 3 nitrogen and oxygen atoms in total. The summed E-state index contributed by atoms with van der Waals surface area (Å²) in [5.74, 6) is 1.11. The van der Waals surface area contributed by atoms with Gasteiger partial charge in [0.05, 0.1) is 6.04 Å². The van der Waals surface area contributed by atoms with Crippen LogP contribution in [0.2, 0.25) is 0 Å². The van der Waals surface area contributed by atoms with E-state index in [4.69, 9.17) is 0 Å². The Morgan fingerprint density at radius 3 is 2.35 bits per heavy atom. The van der Waals surface area contributed by atoms with Crippen molar-refractivity contribution < 1.29 is 0 Å². The van der Waals surface area contributed by atoms with Crippen molar-refractivity contribution in [3.05, 3.63) is 40.9 Å². The van der Waals surface area contributed by atoms with E-state index in [0.717, 1.165) is 16.6 Å². The van der Waals surface area contributed by atoms with Gasteiger partial charge in [-0.15, -0.1) is 10.2 Å². The number of nitrogens with one attached hydrogen (secondary N) is 1. The van der Waals surface area contributed by atoms with Crippen molar-refractivity contribution >= 4 is 16.5 Å². The minimum absolute atomic E-state index is 0.274. The molecule has 108 valence electrons. The fourth-order valence-electron chi connectivity index (χ4n) is 2.17. The fourth-order valence-corrected chi connectivity index (χ4v) is 3.16. The predicted molar refractivity (Wildman–Crippen MR) is 86.1 cm³/mol. The number of hydrogen-bond acceptors (Lipinski definition) is 4. The van der Waals surface area contributed by atoms with Crippen molar-refractivity contribution in [2.24, 2.45) is 11.8 Å². The van der Waals surface area contributed by atoms with Gasteiger partial charge in [-0.1, -0.05) is 69.4 Å². The summed E-state index contributed by atoms with van der Waals surface area (Å²) in [6.45, 7) is 8.85. The predicted octanol–water partition coefficient (Wildman–Crippen LogP) is 4.55. The van der Waals surface area contributed by atoms with Crippen LogP contribution in [0.25, 0.3) is 0 Å². The molecule has 0 fully saturated rings. The highest BCUT2D eigenvalue weighted by molar-refractivity contribution is 7.15. The van der Waals surface area contributed by atoms with E-state index in [2.05, 4.69) is 67.5 Å². The summed E-state index contributed by atoms with van der Waals surface area (Å²) in [6.07, 6.45) is 0.997. The van der Waals surface area contributed by atoms with Crippen molar-refractivity contribution in [1.29, 1.82) is 0 Å². The van der Waals surface area contributed by atoms with Crippen LogP contribution in [0.15, 0.2) is 30.3 Å². The molecule has 1 unspecified atom stereocenters. The number of anilines is 1. The molecule has 1 atom stereocenters. The molecule has 0 aliphatic rings. The monoisotopic (exact) mass is 289 g/mol. The average molecular weight is 289 g/mol. The van der Waals surface area contributed by atoms with Gasteiger partial charge >= 0.3 is 0 Å². The SMILES string of the molecule is CC(C)Cc1nnc(NC(c2ccccc2)C(C)C)s1. The summed E-state index contributed by atoms with van der Waals surface area (Å²) < 4.78 is 0. The molecule has 20 heavy (non-hydrogen) atoms. The van der Waals surface area contributed by atoms with Crippen molar-refractivity contribution in [1.82, 2.24) is 10.2 Å². The van der Waals surface area contributed by atoms with E-state index < -0.39 is 0 Å². The van der Waals surface area contributed by atoms with E-state index in [1.165, 1.54) is 5.56 Å². The quantitative estimate of drug-likeness (QED) is 0.848. The van der Waals surface area contributed by atoms with Gasteiger partial charge in [0, 0.05) is 6.42 Å². The Hall–Kier alpha value is -1.42. The summed E-state index contributed by atoms with van der Waals surface area (Å²) in [5, 5.41) is 14.1. The van der Waals surface area contributed by atoms with E-state index >= 15 is 0 Å². The van der Waals surface area contributed by atoms with E-state index in [-0.39, 0.29) is 6.04 Å². The first-order chi connectivity index (χ1) is 9.56. The Morgan fingerprint density at radius 1 is 1.05 bits per heavy atom. The number of nitrogens with zero attached hydrogens (tertiary/aromatic N) is 2. The molecule has 0 radical (unpaired) electrons. The second-order valence-corrected chi connectivity index (χ2v) is 6.94. The van der Waals surface area contributed by atoms with Gasteiger partial charge in [-0.2, -0.15) is 0 Å². The standard InChI is InChI=1S/C16H23N3S/c1-11(2)10-14-18-19-16(20-14)17-15(12(3)4)13-8-6-5-7-9-13/h5-9,11-12,15H,10H2,1-4H3,(H,17,19). The lowest BCUT2D eigenvalue weighted by atomic mass is 9.96. The van der Waals surface area contributed by atoms with Gasteiger partial charge in [0.25, 0.3) is 0 Å². The molecule has 0 bridgehead atoms. The third-order valence-electron chi connectivity index (χ3n) is 3.15. The maximum Gasteiger partial charge on any atom is 0.206 e. The van der Waals surface area contributed by atoms with Crippen LogP contribution in [-0.4, -0.2) is 10.2 Å². The van der Waals surface area contributed by atoms with Crippen molar-refractivity contribution in [3.63, 3.8) is 0 Å². The Bertz CT molecular complexity index is 520. The fraction of sp³-hybridized carbons (Fsp3) is 0.500. The highest BCUT2D eigenvalue weighted by atomic mass is 32.1.